The standard InChI is InChI=1S/C26H36N2O4S/c1-5-15-27(4)18-25-20(2)17-28(21(3)19-29)33(30,31)26-14-13-23(16-24(26)32-25)12-11-22-9-7-6-8-10-22/h6-14,16,20-21,25,29H,5,15,17-19H2,1-4H3/b12-11+/t20-,21-,25-/m1/s1. The Hall–Kier alpha value is -2.19. The molecule has 33 heavy (non-hydrogen) atoms. The maximum atomic E-state index is 13.6. The zero-order chi connectivity index (χ0) is 24.0. The second-order valence-corrected chi connectivity index (χ2v) is 10.8. The summed E-state index contributed by atoms with van der Waals surface area (Å²) in [7, 11) is -1.76. The zero-order valence-electron chi connectivity index (χ0n) is 20.0. The van der Waals surface area contributed by atoms with Crippen LogP contribution in [-0.2, 0) is 10.0 Å². The van der Waals surface area contributed by atoms with Gasteiger partial charge in [0.2, 0.25) is 10.0 Å². The quantitative estimate of drug-likeness (QED) is 0.589. The lowest BCUT2D eigenvalue weighted by Gasteiger charge is -2.37. The van der Waals surface area contributed by atoms with E-state index in [9.17, 15) is 13.5 Å². The van der Waals surface area contributed by atoms with Crippen molar-refractivity contribution in [3.63, 3.8) is 0 Å². The summed E-state index contributed by atoms with van der Waals surface area (Å²) in [5.41, 5.74) is 1.93. The fraction of sp³-hybridized carbons (Fsp3) is 0.462. The summed E-state index contributed by atoms with van der Waals surface area (Å²) in [5, 5.41) is 9.76. The largest absolute Gasteiger partial charge is 0.487 e. The predicted molar refractivity (Wildman–Crippen MR) is 134 cm³/mol. The number of hydrogen-bond donors (Lipinski definition) is 1. The smallest absolute Gasteiger partial charge is 0.247 e. The first-order valence-corrected chi connectivity index (χ1v) is 13.0. The Morgan fingerprint density at radius 2 is 1.88 bits per heavy atom. The van der Waals surface area contributed by atoms with Crippen LogP contribution >= 0.6 is 0 Å². The first kappa shape index (κ1) is 25.4. The molecule has 0 unspecified atom stereocenters. The number of ether oxygens (including phenoxy) is 1. The maximum Gasteiger partial charge on any atom is 0.247 e. The van der Waals surface area contributed by atoms with E-state index in [0.29, 0.717) is 18.8 Å². The molecule has 3 rings (SSSR count). The van der Waals surface area contributed by atoms with Crippen molar-refractivity contribution in [1.29, 1.82) is 0 Å². The van der Waals surface area contributed by atoms with Crippen molar-refractivity contribution < 1.29 is 18.3 Å². The lowest BCUT2D eigenvalue weighted by atomic mass is 10.0. The zero-order valence-corrected chi connectivity index (χ0v) is 20.8. The Balaban J connectivity index is 2.03. The summed E-state index contributed by atoms with van der Waals surface area (Å²) >= 11 is 0. The second kappa shape index (κ2) is 11.3. The van der Waals surface area contributed by atoms with Crippen LogP contribution in [0.25, 0.3) is 12.2 Å². The number of sulfonamides is 1. The van der Waals surface area contributed by atoms with Crippen molar-refractivity contribution in [2.75, 3.05) is 33.3 Å². The molecule has 0 fully saturated rings. The highest BCUT2D eigenvalue weighted by atomic mass is 32.2. The minimum Gasteiger partial charge on any atom is -0.487 e. The van der Waals surface area contributed by atoms with Crippen LogP contribution in [0.5, 0.6) is 5.75 Å². The minimum absolute atomic E-state index is 0.0512. The van der Waals surface area contributed by atoms with Crippen LogP contribution in [-0.4, -0.2) is 68.2 Å². The molecule has 1 N–H and O–H groups in total. The van der Waals surface area contributed by atoms with Gasteiger partial charge in [-0.05, 0) is 50.2 Å². The summed E-state index contributed by atoms with van der Waals surface area (Å²) in [4.78, 5) is 2.37. The molecule has 0 amide bonds. The molecule has 7 heteroatoms. The van der Waals surface area contributed by atoms with Gasteiger partial charge < -0.3 is 14.7 Å². The predicted octanol–water partition coefficient (Wildman–Crippen LogP) is 3.97. The highest BCUT2D eigenvalue weighted by molar-refractivity contribution is 7.89. The van der Waals surface area contributed by atoms with Gasteiger partial charge in [-0.25, -0.2) is 8.42 Å². The molecule has 0 saturated heterocycles. The fourth-order valence-electron chi connectivity index (χ4n) is 4.10. The van der Waals surface area contributed by atoms with Crippen molar-refractivity contribution in [1.82, 2.24) is 9.21 Å². The van der Waals surface area contributed by atoms with E-state index in [1.165, 1.54) is 4.31 Å². The average molecular weight is 473 g/mol. The van der Waals surface area contributed by atoms with Crippen molar-refractivity contribution >= 4 is 22.2 Å². The van der Waals surface area contributed by atoms with Gasteiger partial charge in [-0.15, -0.1) is 0 Å². The third-order valence-corrected chi connectivity index (χ3v) is 8.08. The van der Waals surface area contributed by atoms with Gasteiger partial charge in [0.1, 0.15) is 16.7 Å². The van der Waals surface area contributed by atoms with Crippen LogP contribution in [0.4, 0.5) is 0 Å². The van der Waals surface area contributed by atoms with Crippen molar-refractivity contribution in [3.05, 3.63) is 59.7 Å². The Morgan fingerprint density at radius 1 is 1.18 bits per heavy atom. The molecule has 0 spiro atoms. The highest BCUT2D eigenvalue weighted by Crippen LogP contribution is 2.34. The van der Waals surface area contributed by atoms with E-state index in [1.807, 2.05) is 49.4 Å². The van der Waals surface area contributed by atoms with Crippen LogP contribution in [0.15, 0.2) is 53.4 Å². The Kier molecular flexibility index (Phi) is 8.70. The van der Waals surface area contributed by atoms with Crippen LogP contribution in [0.2, 0.25) is 0 Å². The molecular weight excluding hydrogens is 436 g/mol. The Labute approximate surface area is 198 Å². The number of aliphatic hydroxyl groups excluding tert-OH is 1. The number of rotatable bonds is 8. The van der Waals surface area contributed by atoms with Gasteiger partial charge in [-0.3, -0.25) is 0 Å². The molecule has 2 aromatic carbocycles. The van der Waals surface area contributed by atoms with E-state index in [1.54, 1.807) is 25.1 Å². The molecule has 0 radical (unpaired) electrons. The third kappa shape index (κ3) is 6.23. The monoisotopic (exact) mass is 472 g/mol. The molecule has 2 aromatic rings. The molecule has 6 nitrogen and oxygen atoms in total. The molecule has 1 aliphatic rings. The molecule has 0 bridgehead atoms. The van der Waals surface area contributed by atoms with Crippen LogP contribution < -0.4 is 4.74 Å². The first-order chi connectivity index (χ1) is 15.8. The van der Waals surface area contributed by atoms with E-state index < -0.39 is 16.1 Å². The fourth-order valence-corrected chi connectivity index (χ4v) is 5.93. The summed E-state index contributed by atoms with van der Waals surface area (Å²) in [6.07, 6.45) is 4.80. The third-order valence-electron chi connectivity index (χ3n) is 6.06. The van der Waals surface area contributed by atoms with E-state index in [-0.39, 0.29) is 23.5 Å². The van der Waals surface area contributed by atoms with Gasteiger partial charge in [-0.2, -0.15) is 4.31 Å². The second-order valence-electron chi connectivity index (χ2n) is 8.95. The summed E-state index contributed by atoms with van der Waals surface area (Å²) in [6.45, 7) is 7.58. The minimum atomic E-state index is -3.82. The number of aliphatic hydroxyl groups is 1. The average Bonchev–Trinajstić information content (AvgIpc) is 2.80. The lowest BCUT2D eigenvalue weighted by molar-refractivity contribution is 0.0752. The van der Waals surface area contributed by atoms with E-state index in [2.05, 4.69) is 18.9 Å². The van der Waals surface area contributed by atoms with Crippen LogP contribution in [0.3, 0.4) is 0 Å². The Morgan fingerprint density at radius 3 is 2.55 bits per heavy atom. The molecule has 1 heterocycles. The molecule has 0 aliphatic carbocycles. The molecule has 3 atom stereocenters. The number of hydrogen-bond acceptors (Lipinski definition) is 5. The summed E-state index contributed by atoms with van der Waals surface area (Å²) in [5.74, 6) is 0.312. The number of fused-ring (bicyclic) bond motifs is 1. The number of likely N-dealkylation sites (N-methyl/N-ethyl adjacent to an activating group) is 1. The van der Waals surface area contributed by atoms with E-state index in [4.69, 9.17) is 4.74 Å². The molecule has 0 saturated carbocycles. The number of benzene rings is 2. The SMILES string of the molecule is CCCN(C)C[C@H]1Oc2cc(/C=C/c3ccccc3)ccc2S(=O)(=O)N([C@H](C)CO)C[C@H]1C. The summed E-state index contributed by atoms with van der Waals surface area (Å²) < 4.78 is 34.9. The van der Waals surface area contributed by atoms with Gasteiger partial charge in [0.25, 0.3) is 0 Å². The lowest BCUT2D eigenvalue weighted by Crippen LogP contribution is -2.49. The van der Waals surface area contributed by atoms with Crippen molar-refractivity contribution in [3.8, 4) is 5.75 Å². The van der Waals surface area contributed by atoms with Gasteiger partial charge in [0, 0.05) is 25.0 Å². The van der Waals surface area contributed by atoms with Gasteiger partial charge in [0.05, 0.1) is 6.61 Å². The molecule has 1 aliphatic heterocycles. The van der Waals surface area contributed by atoms with Crippen LogP contribution in [0, 0.1) is 5.92 Å². The maximum absolute atomic E-state index is 13.6. The molecular formula is C26H36N2O4S. The molecule has 180 valence electrons. The summed E-state index contributed by atoms with van der Waals surface area (Å²) in [6, 6.07) is 14.7. The normalized spacial score (nSPS) is 21.9. The number of nitrogens with zero attached hydrogens (tertiary/aromatic N) is 2. The van der Waals surface area contributed by atoms with Gasteiger partial charge in [-0.1, -0.05) is 62.4 Å². The van der Waals surface area contributed by atoms with E-state index >= 15 is 0 Å². The van der Waals surface area contributed by atoms with Crippen molar-refractivity contribution in [2.24, 2.45) is 5.92 Å². The highest BCUT2D eigenvalue weighted by Gasteiger charge is 2.37. The first-order valence-electron chi connectivity index (χ1n) is 11.6. The van der Waals surface area contributed by atoms with Gasteiger partial charge in [0.15, 0.2) is 0 Å². The van der Waals surface area contributed by atoms with E-state index in [0.717, 1.165) is 24.1 Å². The van der Waals surface area contributed by atoms with Gasteiger partial charge >= 0.3 is 0 Å². The molecule has 0 aromatic heterocycles. The van der Waals surface area contributed by atoms with Crippen molar-refractivity contribution in [2.45, 2.75) is 44.2 Å². The topological polar surface area (TPSA) is 70.1 Å². The Bertz CT molecular complexity index is 1040. The van der Waals surface area contributed by atoms with Crippen LogP contribution in [0.1, 0.15) is 38.3 Å².